The Labute approximate surface area is 229 Å². The summed E-state index contributed by atoms with van der Waals surface area (Å²) in [6, 6.07) is 6.38. The molecule has 1 spiro atoms. The van der Waals surface area contributed by atoms with Gasteiger partial charge in [0.05, 0.1) is 11.7 Å². The largest absolute Gasteiger partial charge is 0.444 e. The first-order chi connectivity index (χ1) is 18.0. The van der Waals surface area contributed by atoms with Crippen molar-refractivity contribution in [2.75, 3.05) is 23.7 Å². The van der Waals surface area contributed by atoms with E-state index >= 15 is 0 Å². The Hall–Kier alpha value is -3.07. The summed E-state index contributed by atoms with van der Waals surface area (Å²) < 4.78 is 7.45. The van der Waals surface area contributed by atoms with Crippen LogP contribution in [0.5, 0.6) is 0 Å². The lowest BCUT2D eigenvalue weighted by atomic mass is 9.67. The van der Waals surface area contributed by atoms with Gasteiger partial charge in [-0.2, -0.15) is 10.1 Å². The second-order valence-electron chi connectivity index (χ2n) is 11.8. The molecule has 3 heterocycles. The van der Waals surface area contributed by atoms with Crippen LogP contribution in [0.15, 0.2) is 24.4 Å². The van der Waals surface area contributed by atoms with Crippen LogP contribution in [0.25, 0.3) is 10.9 Å². The van der Waals surface area contributed by atoms with Crippen molar-refractivity contribution in [1.29, 1.82) is 0 Å². The zero-order valence-electron chi connectivity index (χ0n) is 23.0. The van der Waals surface area contributed by atoms with E-state index in [9.17, 15) is 4.79 Å². The minimum Gasteiger partial charge on any atom is -0.444 e. The van der Waals surface area contributed by atoms with Crippen LogP contribution in [0, 0.1) is 12.3 Å². The van der Waals surface area contributed by atoms with Crippen LogP contribution in [0.2, 0.25) is 5.02 Å². The average molecular weight is 540 g/mol. The highest BCUT2D eigenvalue weighted by Crippen LogP contribution is 2.45. The molecule has 5 rings (SSSR count). The summed E-state index contributed by atoms with van der Waals surface area (Å²) in [5.74, 6) is 1.14. The van der Waals surface area contributed by atoms with Crippen molar-refractivity contribution < 1.29 is 9.53 Å². The van der Waals surface area contributed by atoms with E-state index in [4.69, 9.17) is 16.3 Å². The maximum absolute atomic E-state index is 12.4. The molecule has 9 nitrogen and oxygen atoms in total. The molecule has 0 atom stereocenters. The van der Waals surface area contributed by atoms with Crippen molar-refractivity contribution in [2.24, 2.45) is 12.5 Å². The Morgan fingerprint density at radius 3 is 2.55 bits per heavy atom. The molecule has 1 aliphatic carbocycles. The number of ether oxygens (including phenoxy) is 1. The number of aryl methyl sites for hydroxylation is 2. The molecule has 204 valence electrons. The number of piperidine rings is 1. The Balaban J connectivity index is 1.17. The first-order valence-corrected chi connectivity index (χ1v) is 13.9. The van der Waals surface area contributed by atoms with Crippen molar-refractivity contribution in [1.82, 2.24) is 24.6 Å². The Bertz CT molecular complexity index is 1310. The lowest BCUT2D eigenvalue weighted by molar-refractivity contribution is 0.00394. The molecule has 1 aliphatic heterocycles. The van der Waals surface area contributed by atoms with Gasteiger partial charge in [0.25, 0.3) is 0 Å². The zero-order valence-corrected chi connectivity index (χ0v) is 23.7. The number of benzene rings is 1. The summed E-state index contributed by atoms with van der Waals surface area (Å²) in [7, 11) is 1.95. The maximum Gasteiger partial charge on any atom is 0.410 e. The fourth-order valence-electron chi connectivity index (χ4n) is 5.62. The molecule has 1 aromatic carbocycles. The van der Waals surface area contributed by atoms with E-state index in [1.165, 1.54) is 0 Å². The van der Waals surface area contributed by atoms with Crippen LogP contribution < -0.4 is 10.6 Å². The minimum atomic E-state index is -0.459. The molecule has 2 aromatic heterocycles. The fraction of sp³-hybridized carbons (Fsp3) is 0.571. The van der Waals surface area contributed by atoms with E-state index in [0.717, 1.165) is 73.9 Å². The molecule has 2 fully saturated rings. The summed E-state index contributed by atoms with van der Waals surface area (Å²) in [5, 5.41) is 13.1. The fourth-order valence-corrected chi connectivity index (χ4v) is 5.77. The van der Waals surface area contributed by atoms with Gasteiger partial charge in [-0.1, -0.05) is 11.6 Å². The van der Waals surface area contributed by atoms with Crippen LogP contribution in [0.4, 0.5) is 22.2 Å². The van der Waals surface area contributed by atoms with E-state index in [0.29, 0.717) is 28.2 Å². The van der Waals surface area contributed by atoms with Crippen LogP contribution in [-0.2, 0) is 11.8 Å². The first-order valence-electron chi connectivity index (χ1n) is 13.5. The number of nitrogens with zero attached hydrogens (tertiary/aromatic N) is 5. The first kappa shape index (κ1) is 26.5. The normalized spacial score (nSPS) is 18.1. The van der Waals surface area contributed by atoms with E-state index in [-0.39, 0.29) is 6.09 Å². The Morgan fingerprint density at radius 2 is 1.87 bits per heavy atom. The molecule has 10 heteroatoms. The molecule has 1 saturated heterocycles. The third-order valence-corrected chi connectivity index (χ3v) is 8.27. The monoisotopic (exact) mass is 539 g/mol. The number of rotatable bonds is 4. The van der Waals surface area contributed by atoms with Crippen LogP contribution >= 0.6 is 11.6 Å². The molecular weight excluding hydrogens is 502 g/mol. The zero-order chi connectivity index (χ0) is 27.1. The highest BCUT2D eigenvalue weighted by Gasteiger charge is 2.40. The highest BCUT2D eigenvalue weighted by atomic mass is 35.5. The number of carbonyl (C=O) groups is 1. The number of hydrogen-bond acceptors (Lipinski definition) is 7. The van der Waals surface area contributed by atoms with Gasteiger partial charge in [-0.05, 0) is 89.8 Å². The molecular formula is C28H38ClN7O2. The third-order valence-electron chi connectivity index (χ3n) is 7.99. The lowest BCUT2D eigenvalue weighted by Gasteiger charge is -2.46. The molecule has 0 radical (unpaired) electrons. The summed E-state index contributed by atoms with van der Waals surface area (Å²) in [6.45, 7) is 9.33. The molecule has 0 bridgehead atoms. The van der Waals surface area contributed by atoms with Gasteiger partial charge in [-0.3, -0.25) is 4.68 Å². The van der Waals surface area contributed by atoms with Crippen molar-refractivity contribution in [3.63, 3.8) is 0 Å². The van der Waals surface area contributed by atoms with E-state index in [1.54, 1.807) is 6.20 Å². The van der Waals surface area contributed by atoms with Gasteiger partial charge >= 0.3 is 6.09 Å². The van der Waals surface area contributed by atoms with Crippen LogP contribution in [0.3, 0.4) is 0 Å². The Kier molecular flexibility index (Phi) is 7.15. The molecule has 2 aliphatic rings. The predicted molar refractivity (Wildman–Crippen MR) is 151 cm³/mol. The van der Waals surface area contributed by atoms with Gasteiger partial charge in [-0.25, -0.2) is 9.78 Å². The topological polar surface area (TPSA) is 97.2 Å². The summed E-state index contributed by atoms with van der Waals surface area (Å²) in [6.07, 6.45) is 7.85. The number of aromatic nitrogens is 4. The second-order valence-corrected chi connectivity index (χ2v) is 12.2. The van der Waals surface area contributed by atoms with Crippen LogP contribution in [-0.4, -0.2) is 55.5 Å². The number of hydrogen-bond donors (Lipinski definition) is 2. The second kappa shape index (κ2) is 10.2. The minimum absolute atomic E-state index is 0.194. The van der Waals surface area contributed by atoms with E-state index in [2.05, 4.69) is 38.7 Å². The van der Waals surface area contributed by atoms with Gasteiger partial charge in [0.15, 0.2) is 5.82 Å². The van der Waals surface area contributed by atoms with Gasteiger partial charge in [0.2, 0.25) is 5.95 Å². The molecule has 0 unspecified atom stereocenters. The van der Waals surface area contributed by atoms with Gasteiger partial charge < -0.3 is 20.3 Å². The van der Waals surface area contributed by atoms with Crippen molar-refractivity contribution in [3.05, 3.63) is 35.1 Å². The Morgan fingerprint density at radius 1 is 1.16 bits per heavy atom. The molecule has 1 saturated carbocycles. The number of fused-ring (bicyclic) bond motifs is 1. The maximum atomic E-state index is 12.4. The smallest absolute Gasteiger partial charge is 0.410 e. The number of amides is 1. The lowest BCUT2D eigenvalue weighted by Crippen LogP contribution is -2.47. The van der Waals surface area contributed by atoms with Gasteiger partial charge in [0.1, 0.15) is 10.6 Å². The number of carbonyl (C=O) groups excluding carboxylic acids is 1. The summed E-state index contributed by atoms with van der Waals surface area (Å²) >= 11 is 6.47. The van der Waals surface area contributed by atoms with Crippen molar-refractivity contribution in [3.8, 4) is 0 Å². The quantitative estimate of drug-likeness (QED) is 0.393. The predicted octanol–water partition coefficient (Wildman–Crippen LogP) is 6.44. The summed E-state index contributed by atoms with van der Waals surface area (Å²) in [4.78, 5) is 23.4. The molecule has 38 heavy (non-hydrogen) atoms. The summed E-state index contributed by atoms with van der Waals surface area (Å²) in [5.41, 5.74) is 2.78. The van der Waals surface area contributed by atoms with Crippen molar-refractivity contribution in [2.45, 2.75) is 77.9 Å². The van der Waals surface area contributed by atoms with Crippen molar-refractivity contribution >= 4 is 46.1 Å². The number of likely N-dealkylation sites (tertiary alicyclic amines) is 1. The molecule has 2 N–H and O–H groups in total. The SMILES string of the molecule is Cc1c2ccc(Nc3ncc(Cl)c(NC4CCC5(CC4)CCN(C(=O)OC(C)(C)C)CC5)n3)cc2nn1C. The number of anilines is 3. The van der Waals surface area contributed by atoms with Gasteiger partial charge in [0, 0.05) is 42.9 Å². The molecule has 3 aromatic rings. The van der Waals surface area contributed by atoms with Crippen LogP contribution in [0.1, 0.15) is 65.0 Å². The standard InChI is InChI=1S/C28H38ClN7O2/c1-18-21-7-6-20(16-23(21)34-35(18)5)32-25-30-17-22(29)24(33-25)31-19-8-10-28(11-9-19)12-14-36(15-13-28)26(37)38-27(2,3)4/h6-7,16-17,19H,8-15H2,1-5H3,(H2,30,31,32,33). The molecule has 1 amide bonds. The number of halogens is 1. The van der Waals surface area contributed by atoms with E-state index in [1.807, 2.05) is 49.5 Å². The number of nitrogens with one attached hydrogen (secondary N) is 2. The highest BCUT2D eigenvalue weighted by molar-refractivity contribution is 6.32. The third kappa shape index (κ3) is 5.82. The average Bonchev–Trinajstić information content (AvgIpc) is 3.14. The van der Waals surface area contributed by atoms with E-state index < -0.39 is 5.60 Å². The van der Waals surface area contributed by atoms with Gasteiger partial charge in [-0.15, -0.1) is 0 Å².